The van der Waals surface area contributed by atoms with E-state index in [-0.39, 0.29) is 5.91 Å². The van der Waals surface area contributed by atoms with Gasteiger partial charge in [0, 0.05) is 40.1 Å². The van der Waals surface area contributed by atoms with Crippen molar-refractivity contribution < 1.29 is 9.53 Å². The Labute approximate surface area is 191 Å². The third-order valence-corrected chi connectivity index (χ3v) is 5.08. The first-order valence-electron chi connectivity index (χ1n) is 9.98. The van der Waals surface area contributed by atoms with Crippen molar-refractivity contribution in [1.82, 2.24) is 15.3 Å². The van der Waals surface area contributed by atoms with Crippen LogP contribution >= 0.6 is 11.6 Å². The molecule has 0 unspecified atom stereocenters. The standard InChI is InChI=1S/C25H21ClN4O2/c1-32-23-5-3-2-4-19(23)16-28-24(31)18-8-12-21(13-9-18)29-25-27-15-14-22(30-25)17-6-10-20(26)11-7-17/h2-15H,16H2,1H3,(H,28,31)(H,27,29,30). The number of hydrogen-bond acceptors (Lipinski definition) is 5. The number of carbonyl (C=O) groups is 1. The molecule has 0 aliphatic rings. The minimum atomic E-state index is -0.163. The molecule has 32 heavy (non-hydrogen) atoms. The smallest absolute Gasteiger partial charge is 0.251 e. The summed E-state index contributed by atoms with van der Waals surface area (Å²) in [6.07, 6.45) is 1.69. The molecule has 0 atom stereocenters. The fourth-order valence-electron chi connectivity index (χ4n) is 3.16. The first-order valence-corrected chi connectivity index (χ1v) is 10.4. The van der Waals surface area contributed by atoms with E-state index in [4.69, 9.17) is 16.3 Å². The Morgan fingerprint density at radius 1 is 0.969 bits per heavy atom. The molecule has 1 heterocycles. The van der Waals surface area contributed by atoms with Gasteiger partial charge < -0.3 is 15.4 Å². The van der Waals surface area contributed by atoms with E-state index >= 15 is 0 Å². The van der Waals surface area contributed by atoms with Crippen molar-refractivity contribution in [1.29, 1.82) is 0 Å². The molecule has 0 fully saturated rings. The Morgan fingerprint density at radius 3 is 2.47 bits per heavy atom. The molecule has 7 heteroatoms. The van der Waals surface area contributed by atoms with Crippen LogP contribution in [0, 0.1) is 0 Å². The van der Waals surface area contributed by atoms with Crippen LogP contribution in [0.1, 0.15) is 15.9 Å². The first-order chi connectivity index (χ1) is 15.6. The summed E-state index contributed by atoms with van der Waals surface area (Å²) < 4.78 is 5.32. The molecule has 0 aliphatic carbocycles. The lowest BCUT2D eigenvalue weighted by Crippen LogP contribution is -2.23. The summed E-state index contributed by atoms with van der Waals surface area (Å²) in [5.41, 5.74) is 3.98. The maximum Gasteiger partial charge on any atom is 0.251 e. The lowest BCUT2D eigenvalue weighted by atomic mass is 10.1. The van der Waals surface area contributed by atoms with Gasteiger partial charge in [0.2, 0.25) is 5.95 Å². The average molecular weight is 445 g/mol. The maximum absolute atomic E-state index is 12.5. The monoisotopic (exact) mass is 444 g/mol. The normalized spacial score (nSPS) is 10.4. The van der Waals surface area contributed by atoms with Gasteiger partial charge in [-0.1, -0.05) is 41.9 Å². The Balaban J connectivity index is 1.40. The van der Waals surface area contributed by atoms with E-state index in [9.17, 15) is 4.79 Å². The average Bonchev–Trinajstić information content (AvgIpc) is 2.84. The molecule has 4 aromatic rings. The number of hydrogen-bond donors (Lipinski definition) is 2. The minimum Gasteiger partial charge on any atom is -0.496 e. The predicted octanol–water partition coefficient (Wildman–Crippen LogP) is 5.48. The van der Waals surface area contributed by atoms with Crippen molar-refractivity contribution in [3.05, 3.63) is 101 Å². The van der Waals surface area contributed by atoms with Gasteiger partial charge in [-0.25, -0.2) is 9.97 Å². The van der Waals surface area contributed by atoms with Gasteiger partial charge in [0.05, 0.1) is 12.8 Å². The highest BCUT2D eigenvalue weighted by Crippen LogP contribution is 2.22. The largest absolute Gasteiger partial charge is 0.496 e. The van der Waals surface area contributed by atoms with Gasteiger partial charge in [0.25, 0.3) is 5.91 Å². The topological polar surface area (TPSA) is 76.1 Å². The van der Waals surface area contributed by atoms with Crippen LogP contribution in [0.5, 0.6) is 5.75 Å². The third-order valence-electron chi connectivity index (χ3n) is 4.83. The van der Waals surface area contributed by atoms with E-state index in [0.29, 0.717) is 23.1 Å². The number of aromatic nitrogens is 2. The minimum absolute atomic E-state index is 0.163. The van der Waals surface area contributed by atoms with E-state index in [0.717, 1.165) is 28.3 Å². The fourth-order valence-corrected chi connectivity index (χ4v) is 3.29. The van der Waals surface area contributed by atoms with Gasteiger partial charge in [-0.3, -0.25) is 4.79 Å². The summed E-state index contributed by atoms with van der Waals surface area (Å²) in [4.78, 5) is 21.3. The Bertz CT molecular complexity index is 1210. The number of anilines is 2. The van der Waals surface area contributed by atoms with Crippen LogP contribution in [-0.4, -0.2) is 23.0 Å². The van der Waals surface area contributed by atoms with Crippen LogP contribution in [0.15, 0.2) is 85.1 Å². The molecular formula is C25H21ClN4O2. The van der Waals surface area contributed by atoms with Crippen molar-refractivity contribution in [3.63, 3.8) is 0 Å². The van der Waals surface area contributed by atoms with E-state index in [2.05, 4.69) is 20.6 Å². The van der Waals surface area contributed by atoms with Gasteiger partial charge in [0.15, 0.2) is 0 Å². The molecule has 0 saturated heterocycles. The van der Waals surface area contributed by atoms with Gasteiger partial charge in [-0.15, -0.1) is 0 Å². The number of ether oxygens (including phenoxy) is 1. The fraction of sp³-hybridized carbons (Fsp3) is 0.0800. The van der Waals surface area contributed by atoms with Crippen LogP contribution in [-0.2, 0) is 6.54 Å². The number of carbonyl (C=O) groups excluding carboxylic acids is 1. The number of benzene rings is 3. The Kier molecular flexibility index (Phi) is 6.63. The third kappa shape index (κ3) is 5.22. The van der Waals surface area contributed by atoms with Crippen molar-refractivity contribution >= 4 is 29.1 Å². The maximum atomic E-state index is 12.5. The summed E-state index contributed by atoms with van der Waals surface area (Å²) in [5, 5.41) is 6.76. The number of amides is 1. The van der Waals surface area contributed by atoms with Crippen LogP contribution in [0.4, 0.5) is 11.6 Å². The van der Waals surface area contributed by atoms with E-state index in [1.54, 1.807) is 25.4 Å². The van der Waals surface area contributed by atoms with E-state index in [1.165, 1.54) is 0 Å². The van der Waals surface area contributed by atoms with E-state index < -0.39 is 0 Å². The van der Waals surface area contributed by atoms with Gasteiger partial charge in [-0.2, -0.15) is 0 Å². The zero-order chi connectivity index (χ0) is 22.3. The molecule has 0 aliphatic heterocycles. The molecule has 0 spiro atoms. The highest BCUT2D eigenvalue weighted by Gasteiger charge is 2.08. The molecule has 6 nitrogen and oxygen atoms in total. The molecule has 160 valence electrons. The highest BCUT2D eigenvalue weighted by atomic mass is 35.5. The molecule has 0 bridgehead atoms. The number of para-hydroxylation sites is 1. The second-order valence-corrected chi connectivity index (χ2v) is 7.41. The zero-order valence-corrected chi connectivity index (χ0v) is 18.1. The summed E-state index contributed by atoms with van der Waals surface area (Å²) in [5.74, 6) is 1.04. The summed E-state index contributed by atoms with van der Waals surface area (Å²) in [6.45, 7) is 0.383. The summed E-state index contributed by atoms with van der Waals surface area (Å²) in [7, 11) is 1.61. The number of halogens is 1. The lowest BCUT2D eigenvalue weighted by Gasteiger charge is -2.10. The molecule has 2 N–H and O–H groups in total. The SMILES string of the molecule is COc1ccccc1CNC(=O)c1ccc(Nc2nccc(-c3ccc(Cl)cc3)n2)cc1. The van der Waals surface area contributed by atoms with Gasteiger partial charge >= 0.3 is 0 Å². The molecular weight excluding hydrogens is 424 g/mol. The highest BCUT2D eigenvalue weighted by molar-refractivity contribution is 6.30. The van der Waals surface area contributed by atoms with Crippen molar-refractivity contribution in [3.8, 4) is 17.0 Å². The molecule has 1 amide bonds. The zero-order valence-electron chi connectivity index (χ0n) is 17.4. The second-order valence-electron chi connectivity index (χ2n) is 6.97. The Hall–Kier alpha value is -3.90. The predicted molar refractivity (Wildman–Crippen MR) is 126 cm³/mol. The van der Waals surface area contributed by atoms with Gasteiger partial charge in [-0.05, 0) is 48.5 Å². The number of methoxy groups -OCH3 is 1. The lowest BCUT2D eigenvalue weighted by molar-refractivity contribution is 0.0950. The van der Waals surface area contributed by atoms with Crippen LogP contribution in [0.2, 0.25) is 5.02 Å². The molecule has 4 rings (SSSR count). The quantitative estimate of drug-likeness (QED) is 0.394. The van der Waals surface area contributed by atoms with Crippen LogP contribution in [0.25, 0.3) is 11.3 Å². The number of nitrogens with one attached hydrogen (secondary N) is 2. The molecule has 0 radical (unpaired) electrons. The van der Waals surface area contributed by atoms with Crippen molar-refractivity contribution in [2.24, 2.45) is 0 Å². The van der Waals surface area contributed by atoms with Crippen molar-refractivity contribution in [2.45, 2.75) is 6.54 Å². The molecule has 3 aromatic carbocycles. The van der Waals surface area contributed by atoms with Gasteiger partial charge in [0.1, 0.15) is 5.75 Å². The number of nitrogens with zero attached hydrogens (tertiary/aromatic N) is 2. The molecule has 1 aromatic heterocycles. The van der Waals surface area contributed by atoms with E-state index in [1.807, 2.05) is 66.7 Å². The van der Waals surface area contributed by atoms with Crippen LogP contribution < -0.4 is 15.4 Å². The number of rotatable bonds is 7. The Morgan fingerprint density at radius 2 is 1.72 bits per heavy atom. The second kappa shape index (κ2) is 9.94. The summed E-state index contributed by atoms with van der Waals surface area (Å²) >= 11 is 5.96. The first kappa shape index (κ1) is 21.3. The van der Waals surface area contributed by atoms with Crippen LogP contribution in [0.3, 0.4) is 0 Å². The summed E-state index contributed by atoms with van der Waals surface area (Å²) in [6, 6.07) is 24.0. The molecule has 0 saturated carbocycles. The van der Waals surface area contributed by atoms with Crippen molar-refractivity contribution in [2.75, 3.05) is 12.4 Å².